The Morgan fingerprint density at radius 1 is 1.24 bits per heavy atom. The molecule has 1 aromatic heterocycles. The lowest BCUT2D eigenvalue weighted by Gasteiger charge is -2.38. The molecule has 0 saturated carbocycles. The van der Waals surface area contributed by atoms with Gasteiger partial charge in [-0.2, -0.15) is 5.10 Å². The van der Waals surface area contributed by atoms with Crippen LogP contribution in [0.15, 0.2) is 41.7 Å². The van der Waals surface area contributed by atoms with E-state index < -0.39 is 0 Å². The number of aliphatic imine (C=N–C) groups is 1. The van der Waals surface area contributed by atoms with Crippen molar-refractivity contribution in [3.63, 3.8) is 0 Å². The third kappa shape index (κ3) is 6.24. The number of hydrogen-bond donors (Lipinski definition) is 1. The fourth-order valence-electron chi connectivity index (χ4n) is 4.42. The van der Waals surface area contributed by atoms with E-state index in [2.05, 4.69) is 51.5 Å². The van der Waals surface area contributed by atoms with Gasteiger partial charge in [0.15, 0.2) is 5.96 Å². The van der Waals surface area contributed by atoms with Gasteiger partial charge in [-0.05, 0) is 12.5 Å². The Balaban J connectivity index is 0.00000306. The molecule has 180 valence electrons. The molecule has 1 atom stereocenters. The fourth-order valence-corrected chi connectivity index (χ4v) is 4.42. The standard InChI is InChI=1S/C23H33N7O2.HI/c1-18-5-4-6-19(13-18)21(28-9-11-32-12-10-28)15-25-23(24-2)29-7-8-30(22(31)17-29)20-14-26-27(3)16-20;/h4-6,13-14,16,21H,7-12,15,17H2,1-3H3,(H,24,25);1H. The first-order chi connectivity index (χ1) is 15.5. The summed E-state index contributed by atoms with van der Waals surface area (Å²) in [5.41, 5.74) is 3.38. The maximum atomic E-state index is 12.8. The van der Waals surface area contributed by atoms with Crippen molar-refractivity contribution in [1.82, 2.24) is 24.9 Å². The number of nitrogens with one attached hydrogen (secondary N) is 1. The molecule has 1 amide bonds. The number of aryl methyl sites for hydroxylation is 2. The normalized spacial score (nSPS) is 18.8. The molecular weight excluding hydrogens is 533 g/mol. The number of hydrogen-bond acceptors (Lipinski definition) is 5. The minimum Gasteiger partial charge on any atom is -0.379 e. The van der Waals surface area contributed by atoms with Crippen LogP contribution in [0.4, 0.5) is 5.69 Å². The predicted molar refractivity (Wildman–Crippen MR) is 140 cm³/mol. The van der Waals surface area contributed by atoms with Gasteiger partial charge in [0.05, 0.1) is 31.1 Å². The quantitative estimate of drug-likeness (QED) is 0.337. The molecular formula is C23H34IN7O2. The number of morpholine rings is 1. The summed E-state index contributed by atoms with van der Waals surface area (Å²) in [7, 11) is 3.63. The Morgan fingerprint density at radius 2 is 2.03 bits per heavy atom. The Hall–Kier alpha value is -2.18. The molecule has 2 aliphatic heterocycles. The first-order valence-electron chi connectivity index (χ1n) is 11.2. The average Bonchev–Trinajstić information content (AvgIpc) is 3.23. The first-order valence-corrected chi connectivity index (χ1v) is 11.2. The number of amides is 1. The number of guanidine groups is 1. The Morgan fingerprint density at radius 3 is 2.67 bits per heavy atom. The van der Waals surface area contributed by atoms with E-state index in [1.807, 2.05) is 18.1 Å². The van der Waals surface area contributed by atoms with Crippen LogP contribution < -0.4 is 10.2 Å². The Kier molecular flexibility index (Phi) is 9.10. The van der Waals surface area contributed by atoms with E-state index in [4.69, 9.17) is 4.74 Å². The summed E-state index contributed by atoms with van der Waals surface area (Å²) in [6.45, 7) is 7.77. The van der Waals surface area contributed by atoms with Gasteiger partial charge in [-0.25, -0.2) is 0 Å². The summed E-state index contributed by atoms with van der Waals surface area (Å²) in [5, 5.41) is 7.72. The van der Waals surface area contributed by atoms with Crippen molar-refractivity contribution in [2.24, 2.45) is 12.0 Å². The number of benzene rings is 1. The maximum Gasteiger partial charge on any atom is 0.246 e. The third-order valence-corrected chi connectivity index (χ3v) is 6.10. The Labute approximate surface area is 212 Å². The van der Waals surface area contributed by atoms with E-state index in [-0.39, 0.29) is 35.9 Å². The van der Waals surface area contributed by atoms with Crippen molar-refractivity contribution in [2.75, 3.05) is 64.4 Å². The lowest BCUT2D eigenvalue weighted by Crippen LogP contribution is -2.56. The molecule has 0 bridgehead atoms. The highest BCUT2D eigenvalue weighted by atomic mass is 127. The van der Waals surface area contributed by atoms with Gasteiger partial charge in [0.2, 0.25) is 5.91 Å². The monoisotopic (exact) mass is 567 g/mol. The molecule has 2 saturated heterocycles. The third-order valence-electron chi connectivity index (χ3n) is 6.10. The smallest absolute Gasteiger partial charge is 0.246 e. The van der Waals surface area contributed by atoms with Crippen LogP contribution in [-0.4, -0.2) is 91.0 Å². The maximum absolute atomic E-state index is 12.8. The minimum atomic E-state index is 0. The van der Waals surface area contributed by atoms with Crippen molar-refractivity contribution >= 4 is 41.5 Å². The fraction of sp³-hybridized carbons (Fsp3) is 0.522. The largest absolute Gasteiger partial charge is 0.379 e. The predicted octanol–water partition coefficient (Wildman–Crippen LogP) is 1.64. The molecule has 2 aliphatic rings. The van der Waals surface area contributed by atoms with Gasteiger partial charge < -0.3 is 19.9 Å². The highest BCUT2D eigenvalue weighted by molar-refractivity contribution is 14.0. The van der Waals surface area contributed by atoms with Crippen LogP contribution in [0.3, 0.4) is 0 Å². The second kappa shape index (κ2) is 11.8. The van der Waals surface area contributed by atoms with Crippen molar-refractivity contribution in [1.29, 1.82) is 0 Å². The molecule has 2 fully saturated rings. The van der Waals surface area contributed by atoms with Crippen LogP contribution in [0.25, 0.3) is 0 Å². The van der Waals surface area contributed by atoms with E-state index >= 15 is 0 Å². The van der Waals surface area contributed by atoms with Gasteiger partial charge in [-0.15, -0.1) is 24.0 Å². The molecule has 33 heavy (non-hydrogen) atoms. The van der Waals surface area contributed by atoms with E-state index in [0.29, 0.717) is 26.2 Å². The van der Waals surface area contributed by atoms with Crippen LogP contribution in [0.1, 0.15) is 17.2 Å². The van der Waals surface area contributed by atoms with Gasteiger partial charge in [0, 0.05) is 53.0 Å². The van der Waals surface area contributed by atoms with Gasteiger partial charge in [0.1, 0.15) is 6.54 Å². The van der Waals surface area contributed by atoms with E-state index in [9.17, 15) is 4.79 Å². The molecule has 1 N–H and O–H groups in total. The second-order valence-corrected chi connectivity index (χ2v) is 8.35. The van der Waals surface area contributed by atoms with E-state index in [1.54, 1.807) is 22.8 Å². The molecule has 1 aromatic carbocycles. The van der Waals surface area contributed by atoms with Crippen LogP contribution in [0.2, 0.25) is 0 Å². The lowest BCUT2D eigenvalue weighted by molar-refractivity contribution is -0.120. The number of aromatic nitrogens is 2. The van der Waals surface area contributed by atoms with E-state index in [1.165, 1.54) is 11.1 Å². The summed E-state index contributed by atoms with van der Waals surface area (Å²) in [5.74, 6) is 0.811. The average molecular weight is 567 g/mol. The highest BCUT2D eigenvalue weighted by Gasteiger charge is 2.29. The number of carbonyl (C=O) groups is 1. The van der Waals surface area contributed by atoms with Crippen LogP contribution in [0.5, 0.6) is 0 Å². The van der Waals surface area contributed by atoms with Crippen LogP contribution >= 0.6 is 24.0 Å². The molecule has 10 heteroatoms. The van der Waals surface area contributed by atoms with Crippen LogP contribution in [0, 0.1) is 6.92 Å². The molecule has 1 unspecified atom stereocenters. The number of ether oxygens (including phenoxy) is 1. The summed E-state index contributed by atoms with van der Waals surface area (Å²) in [6, 6.07) is 8.89. The van der Waals surface area contributed by atoms with Gasteiger partial charge in [-0.3, -0.25) is 19.4 Å². The number of rotatable bonds is 5. The molecule has 0 aliphatic carbocycles. The number of nitrogens with zero attached hydrogens (tertiary/aromatic N) is 6. The van der Waals surface area contributed by atoms with Crippen molar-refractivity contribution < 1.29 is 9.53 Å². The topological polar surface area (TPSA) is 78.2 Å². The van der Waals surface area contributed by atoms with E-state index in [0.717, 1.165) is 38.0 Å². The molecule has 0 radical (unpaired) electrons. The summed E-state index contributed by atoms with van der Waals surface area (Å²) < 4.78 is 7.28. The van der Waals surface area contributed by atoms with Crippen molar-refractivity contribution in [2.45, 2.75) is 13.0 Å². The van der Waals surface area contributed by atoms with Gasteiger partial charge >= 0.3 is 0 Å². The van der Waals surface area contributed by atoms with Crippen molar-refractivity contribution in [3.05, 3.63) is 47.8 Å². The molecule has 0 spiro atoms. The van der Waals surface area contributed by atoms with Gasteiger partial charge in [-0.1, -0.05) is 29.8 Å². The lowest BCUT2D eigenvalue weighted by atomic mass is 10.0. The van der Waals surface area contributed by atoms with Crippen molar-refractivity contribution in [3.8, 4) is 0 Å². The number of anilines is 1. The van der Waals surface area contributed by atoms with Gasteiger partial charge in [0.25, 0.3) is 0 Å². The summed E-state index contributed by atoms with van der Waals surface area (Å²) >= 11 is 0. The SMILES string of the molecule is CN=C(NCC(c1cccc(C)c1)N1CCOCC1)N1CCN(c2cnn(C)c2)C(=O)C1.I. The number of halogens is 1. The molecule has 3 heterocycles. The zero-order valence-corrected chi connectivity index (χ0v) is 21.9. The molecule has 2 aromatic rings. The Bertz CT molecular complexity index is 958. The first kappa shape index (κ1) is 25.4. The molecule has 4 rings (SSSR count). The highest BCUT2D eigenvalue weighted by Crippen LogP contribution is 2.22. The number of piperazine rings is 1. The second-order valence-electron chi connectivity index (χ2n) is 8.35. The number of carbonyl (C=O) groups excluding carboxylic acids is 1. The molecule has 9 nitrogen and oxygen atoms in total. The van der Waals surface area contributed by atoms with Crippen LogP contribution in [-0.2, 0) is 16.6 Å². The summed E-state index contributed by atoms with van der Waals surface area (Å²) in [4.78, 5) is 23.6. The summed E-state index contributed by atoms with van der Waals surface area (Å²) in [6.07, 6.45) is 3.60. The zero-order chi connectivity index (χ0) is 22.5. The zero-order valence-electron chi connectivity index (χ0n) is 19.6. The minimum absolute atomic E-state index is 0.